The highest BCUT2D eigenvalue weighted by Crippen LogP contribution is 2.31. The number of benzene rings is 2. The average molecular weight is 338 g/mol. The molecule has 20 heavy (non-hydrogen) atoms. The fourth-order valence-electron chi connectivity index (χ4n) is 2.29. The molecule has 0 heterocycles. The van der Waals surface area contributed by atoms with Crippen LogP contribution in [0.2, 0.25) is 0 Å². The van der Waals surface area contributed by atoms with Gasteiger partial charge >= 0.3 is 0 Å². The molecule has 2 N–H and O–H groups in total. The van der Waals surface area contributed by atoms with E-state index in [4.69, 9.17) is 10.5 Å². The van der Waals surface area contributed by atoms with Gasteiger partial charge in [0.25, 0.3) is 0 Å². The summed E-state index contributed by atoms with van der Waals surface area (Å²) in [6.45, 7) is 1.95. The van der Waals surface area contributed by atoms with Gasteiger partial charge in [-0.15, -0.1) is 0 Å². The molecule has 2 nitrogen and oxygen atoms in total. The second-order valence-corrected chi connectivity index (χ2v) is 5.90. The van der Waals surface area contributed by atoms with Crippen LogP contribution in [0.3, 0.4) is 0 Å². The Morgan fingerprint density at radius 1 is 1.25 bits per heavy atom. The zero-order valence-corrected chi connectivity index (χ0v) is 13.1. The number of rotatable bonds is 4. The summed E-state index contributed by atoms with van der Waals surface area (Å²) < 4.78 is 19.1. The third-order valence-corrected chi connectivity index (χ3v) is 3.89. The lowest BCUT2D eigenvalue weighted by Crippen LogP contribution is -2.35. The van der Waals surface area contributed by atoms with Crippen molar-refractivity contribution in [2.24, 2.45) is 5.73 Å². The van der Waals surface area contributed by atoms with Crippen molar-refractivity contribution in [2.75, 3.05) is 7.11 Å². The minimum absolute atomic E-state index is 0.273. The van der Waals surface area contributed by atoms with Crippen LogP contribution >= 0.6 is 15.9 Å². The number of hydrogen-bond donors (Lipinski definition) is 1. The molecule has 0 aliphatic heterocycles. The molecule has 4 heteroatoms. The lowest BCUT2D eigenvalue weighted by molar-refractivity contribution is 0.386. The summed E-state index contributed by atoms with van der Waals surface area (Å²) in [4.78, 5) is 0. The van der Waals surface area contributed by atoms with Crippen LogP contribution < -0.4 is 10.5 Å². The van der Waals surface area contributed by atoms with Gasteiger partial charge in [0.05, 0.1) is 11.6 Å². The average Bonchev–Trinajstić information content (AvgIpc) is 2.42. The zero-order chi connectivity index (χ0) is 14.8. The molecule has 106 valence electrons. The first-order valence-corrected chi connectivity index (χ1v) is 7.09. The summed E-state index contributed by atoms with van der Waals surface area (Å²) in [5, 5.41) is 0. The summed E-state index contributed by atoms with van der Waals surface area (Å²) >= 11 is 3.20. The van der Waals surface area contributed by atoms with E-state index in [1.54, 1.807) is 19.2 Å². The number of methoxy groups -OCH3 is 1. The highest BCUT2D eigenvalue weighted by Gasteiger charge is 2.25. The number of para-hydroxylation sites is 1. The molecular weight excluding hydrogens is 321 g/mol. The lowest BCUT2D eigenvalue weighted by atomic mass is 9.86. The van der Waals surface area contributed by atoms with Crippen LogP contribution in [0.15, 0.2) is 46.9 Å². The molecule has 0 amide bonds. The third kappa shape index (κ3) is 3.19. The highest BCUT2D eigenvalue weighted by atomic mass is 79.9. The predicted octanol–water partition coefficient (Wildman–Crippen LogP) is 4.01. The molecule has 0 radical (unpaired) electrons. The van der Waals surface area contributed by atoms with Crippen molar-refractivity contribution in [1.82, 2.24) is 0 Å². The number of halogens is 2. The van der Waals surface area contributed by atoms with Crippen molar-refractivity contribution in [3.63, 3.8) is 0 Å². The van der Waals surface area contributed by atoms with E-state index < -0.39 is 5.54 Å². The minimum atomic E-state index is -0.593. The molecule has 1 atom stereocenters. The fraction of sp³-hybridized carbons (Fsp3) is 0.250. The quantitative estimate of drug-likeness (QED) is 0.914. The summed E-state index contributed by atoms with van der Waals surface area (Å²) in [5.41, 5.74) is 7.75. The Morgan fingerprint density at radius 3 is 2.60 bits per heavy atom. The summed E-state index contributed by atoms with van der Waals surface area (Å²) in [6.07, 6.45) is 0.590. The molecule has 0 aliphatic rings. The predicted molar refractivity (Wildman–Crippen MR) is 82.3 cm³/mol. The second-order valence-electron chi connectivity index (χ2n) is 5.04. The van der Waals surface area contributed by atoms with Gasteiger partial charge in [0.2, 0.25) is 0 Å². The first-order valence-electron chi connectivity index (χ1n) is 6.30. The van der Waals surface area contributed by atoms with E-state index in [2.05, 4.69) is 15.9 Å². The zero-order valence-electron chi connectivity index (χ0n) is 11.5. The Labute approximate surface area is 126 Å². The molecular formula is C16H17BrFNO. The molecule has 0 bridgehead atoms. The van der Waals surface area contributed by atoms with Gasteiger partial charge in [-0.1, -0.05) is 24.3 Å². The van der Waals surface area contributed by atoms with Crippen molar-refractivity contribution in [3.8, 4) is 5.75 Å². The van der Waals surface area contributed by atoms with Gasteiger partial charge in [0.1, 0.15) is 11.6 Å². The first kappa shape index (κ1) is 15.0. The van der Waals surface area contributed by atoms with Gasteiger partial charge in [-0.2, -0.15) is 0 Å². The minimum Gasteiger partial charge on any atom is -0.496 e. The number of hydrogen-bond acceptors (Lipinski definition) is 2. The molecule has 0 aromatic heterocycles. The Hall–Kier alpha value is -1.39. The normalized spacial score (nSPS) is 13.8. The van der Waals surface area contributed by atoms with Crippen molar-refractivity contribution >= 4 is 15.9 Å². The van der Waals surface area contributed by atoms with Crippen molar-refractivity contribution in [3.05, 3.63) is 63.9 Å². The monoisotopic (exact) mass is 337 g/mol. The van der Waals surface area contributed by atoms with Crippen molar-refractivity contribution < 1.29 is 9.13 Å². The van der Waals surface area contributed by atoms with Gasteiger partial charge in [0, 0.05) is 11.1 Å². The smallest absolute Gasteiger partial charge is 0.137 e. The summed E-state index contributed by atoms with van der Waals surface area (Å²) in [7, 11) is 1.63. The van der Waals surface area contributed by atoms with Crippen LogP contribution in [-0.4, -0.2) is 7.11 Å². The number of ether oxygens (including phenoxy) is 1. The van der Waals surface area contributed by atoms with E-state index in [1.807, 2.05) is 31.2 Å². The number of nitrogens with two attached hydrogens (primary N) is 1. The van der Waals surface area contributed by atoms with E-state index in [-0.39, 0.29) is 5.82 Å². The van der Waals surface area contributed by atoms with Gasteiger partial charge in [-0.25, -0.2) is 4.39 Å². The second kappa shape index (κ2) is 5.94. The molecule has 0 fully saturated rings. The van der Waals surface area contributed by atoms with Gasteiger partial charge in [-0.3, -0.25) is 0 Å². The standard InChI is InChI=1S/C16H17BrFNO/c1-16(19,12-5-3-4-6-15(12)20-2)10-11-7-8-14(18)13(17)9-11/h3-9H,10,19H2,1-2H3. The molecule has 0 saturated heterocycles. The van der Waals surface area contributed by atoms with Crippen LogP contribution in [0.25, 0.3) is 0 Å². The molecule has 0 saturated carbocycles. The van der Waals surface area contributed by atoms with Crippen LogP contribution in [0.1, 0.15) is 18.1 Å². The summed E-state index contributed by atoms with van der Waals surface area (Å²) in [6, 6.07) is 12.6. The van der Waals surface area contributed by atoms with Crippen LogP contribution in [0.5, 0.6) is 5.75 Å². The molecule has 2 aromatic carbocycles. The van der Waals surface area contributed by atoms with E-state index in [0.717, 1.165) is 16.9 Å². The van der Waals surface area contributed by atoms with E-state index in [9.17, 15) is 4.39 Å². The van der Waals surface area contributed by atoms with Crippen molar-refractivity contribution in [2.45, 2.75) is 18.9 Å². The molecule has 0 spiro atoms. The van der Waals surface area contributed by atoms with Gasteiger partial charge in [-0.05, 0) is 53.0 Å². The summed E-state index contributed by atoms with van der Waals surface area (Å²) in [5.74, 6) is 0.489. The van der Waals surface area contributed by atoms with Gasteiger partial charge < -0.3 is 10.5 Å². The Morgan fingerprint density at radius 2 is 1.95 bits per heavy atom. The maximum Gasteiger partial charge on any atom is 0.137 e. The third-order valence-electron chi connectivity index (χ3n) is 3.28. The Kier molecular flexibility index (Phi) is 4.45. The Balaban J connectivity index is 2.32. The maximum atomic E-state index is 13.3. The first-order chi connectivity index (χ1) is 9.44. The van der Waals surface area contributed by atoms with E-state index in [1.165, 1.54) is 6.07 Å². The van der Waals surface area contributed by atoms with Crippen LogP contribution in [-0.2, 0) is 12.0 Å². The molecule has 0 aliphatic carbocycles. The van der Waals surface area contributed by atoms with Crippen molar-refractivity contribution in [1.29, 1.82) is 0 Å². The SMILES string of the molecule is COc1ccccc1C(C)(N)Cc1ccc(F)c(Br)c1. The molecule has 1 unspecified atom stereocenters. The van der Waals surface area contributed by atoms with Crippen LogP contribution in [0.4, 0.5) is 4.39 Å². The Bertz CT molecular complexity index is 613. The van der Waals surface area contributed by atoms with Gasteiger partial charge in [0.15, 0.2) is 0 Å². The van der Waals surface area contributed by atoms with Crippen LogP contribution in [0, 0.1) is 5.82 Å². The highest BCUT2D eigenvalue weighted by molar-refractivity contribution is 9.10. The van der Waals surface area contributed by atoms with E-state index in [0.29, 0.717) is 10.9 Å². The largest absolute Gasteiger partial charge is 0.496 e. The lowest BCUT2D eigenvalue weighted by Gasteiger charge is -2.27. The van der Waals surface area contributed by atoms with E-state index >= 15 is 0 Å². The molecule has 2 rings (SSSR count). The topological polar surface area (TPSA) is 35.2 Å². The fourth-order valence-corrected chi connectivity index (χ4v) is 2.71. The maximum absolute atomic E-state index is 13.3. The molecule has 2 aromatic rings.